The molecule has 0 aliphatic heterocycles. The predicted molar refractivity (Wildman–Crippen MR) is 186 cm³/mol. The van der Waals surface area contributed by atoms with Crippen LogP contribution in [0.5, 0.6) is 0 Å². The van der Waals surface area contributed by atoms with Crippen molar-refractivity contribution in [3.8, 4) is 0 Å². The number of halogens is 1. The van der Waals surface area contributed by atoms with Gasteiger partial charge in [-0.05, 0) is 67.3 Å². The van der Waals surface area contributed by atoms with Gasteiger partial charge in [-0.3, -0.25) is 9.59 Å². The Balaban J connectivity index is 2.24. The van der Waals surface area contributed by atoms with E-state index < -0.39 is 13.9 Å². The van der Waals surface area contributed by atoms with Crippen LogP contribution in [0.15, 0.2) is 36.4 Å². The van der Waals surface area contributed by atoms with E-state index in [1.54, 1.807) is 0 Å². The van der Waals surface area contributed by atoms with Crippen LogP contribution in [0.2, 0.25) is 17.1 Å². The van der Waals surface area contributed by atoms with Gasteiger partial charge in [-0.25, -0.2) is 0 Å². The number of carbonyl (C=O) groups excluding carboxylic acids is 2. The van der Waals surface area contributed by atoms with E-state index >= 15 is 0 Å². The zero-order valence-electron chi connectivity index (χ0n) is 28.7. The van der Waals surface area contributed by atoms with Gasteiger partial charge in [0.2, 0.25) is 0 Å². The first-order valence-corrected chi connectivity index (χ1v) is 20.0. The summed E-state index contributed by atoms with van der Waals surface area (Å²) >= 11 is 6.02. The number of aryl methyl sites for hydroxylation is 1. The second-order valence-electron chi connectivity index (χ2n) is 14.0. The molecule has 1 N–H and O–H groups in total. The SMILES string of the molecule is CCCC[C@](C)(O)C/C=C/[C@H]1[C@H](O[Si](CCc2ccc(CCl)cc2)(C(C)C)C(C)C)CC(=O)[C@@H]1CCCCCCC(=O)OC. The standard InChI is InChI=1S/C37H61ClO5Si/c1-8-9-23-37(6,41)24-14-16-33-32(15-12-10-11-13-17-36(40)42-7)34(39)26-35(33)43-44(28(2)3,29(4)5)25-22-30-18-20-31(27-38)21-19-30/h14,16,18-21,28-29,32-33,35,41H,8-13,15,17,22-27H2,1-7H3/b16-14+/t32-,33-,35-,37+/m1/s1. The van der Waals surface area contributed by atoms with E-state index in [4.69, 9.17) is 20.8 Å². The Morgan fingerprint density at radius 1 is 1.07 bits per heavy atom. The Hall–Kier alpha value is -1.47. The Morgan fingerprint density at radius 2 is 1.70 bits per heavy atom. The zero-order valence-corrected chi connectivity index (χ0v) is 30.5. The highest BCUT2D eigenvalue weighted by atomic mass is 35.5. The predicted octanol–water partition coefficient (Wildman–Crippen LogP) is 9.72. The van der Waals surface area contributed by atoms with Gasteiger partial charge in [0.25, 0.3) is 0 Å². The zero-order chi connectivity index (χ0) is 32.8. The fourth-order valence-electron chi connectivity index (χ4n) is 6.91. The van der Waals surface area contributed by atoms with E-state index in [1.807, 2.05) is 6.92 Å². The minimum Gasteiger partial charge on any atom is -0.469 e. The number of hydrogen-bond acceptors (Lipinski definition) is 5. The van der Waals surface area contributed by atoms with Crippen molar-refractivity contribution in [2.24, 2.45) is 11.8 Å². The highest BCUT2D eigenvalue weighted by molar-refractivity contribution is 6.76. The summed E-state index contributed by atoms with van der Waals surface area (Å²) in [5, 5.41) is 10.9. The summed E-state index contributed by atoms with van der Waals surface area (Å²) in [7, 11) is -0.854. The molecule has 44 heavy (non-hydrogen) atoms. The van der Waals surface area contributed by atoms with E-state index in [2.05, 4.69) is 71.0 Å². The van der Waals surface area contributed by atoms with Crippen molar-refractivity contribution in [3.63, 3.8) is 0 Å². The van der Waals surface area contributed by atoms with Crippen LogP contribution in [0.25, 0.3) is 0 Å². The Labute approximate surface area is 274 Å². The van der Waals surface area contributed by atoms with Gasteiger partial charge < -0.3 is 14.3 Å². The first kappa shape index (κ1) is 38.7. The molecule has 7 heteroatoms. The van der Waals surface area contributed by atoms with E-state index in [0.29, 0.717) is 42.0 Å². The molecule has 1 aromatic rings. The van der Waals surface area contributed by atoms with E-state index in [-0.39, 0.29) is 23.9 Å². The molecule has 1 aromatic carbocycles. The third-order valence-electron chi connectivity index (χ3n) is 9.88. The topological polar surface area (TPSA) is 72.8 Å². The average Bonchev–Trinajstić information content (AvgIpc) is 3.28. The molecule has 250 valence electrons. The summed E-state index contributed by atoms with van der Waals surface area (Å²) in [6, 6.07) is 9.62. The third-order valence-corrected chi connectivity index (χ3v) is 15.9. The number of carbonyl (C=O) groups is 2. The second kappa shape index (κ2) is 19.2. The molecule has 0 aromatic heterocycles. The highest BCUT2D eigenvalue weighted by Gasteiger charge is 2.49. The number of alkyl halides is 1. The van der Waals surface area contributed by atoms with Gasteiger partial charge >= 0.3 is 5.97 Å². The van der Waals surface area contributed by atoms with E-state index in [1.165, 1.54) is 12.7 Å². The van der Waals surface area contributed by atoms with Crippen molar-refractivity contribution < 1.29 is 23.9 Å². The van der Waals surface area contributed by atoms with Crippen LogP contribution in [0.4, 0.5) is 0 Å². The highest BCUT2D eigenvalue weighted by Crippen LogP contribution is 2.44. The monoisotopic (exact) mass is 648 g/mol. The number of rotatable bonds is 21. The van der Waals surface area contributed by atoms with Crippen molar-refractivity contribution in [3.05, 3.63) is 47.5 Å². The number of methoxy groups -OCH3 is 1. The van der Waals surface area contributed by atoms with Crippen molar-refractivity contribution in [1.29, 1.82) is 0 Å². The average molecular weight is 649 g/mol. The fraction of sp³-hybridized carbons (Fsp3) is 0.730. The lowest BCUT2D eigenvalue weighted by Crippen LogP contribution is -2.48. The normalized spacial score (nSPS) is 20.6. The van der Waals surface area contributed by atoms with Gasteiger partial charge in [0, 0.05) is 30.6 Å². The fourth-order valence-corrected chi connectivity index (χ4v) is 11.7. The molecule has 1 fully saturated rings. The number of benzene rings is 1. The van der Waals surface area contributed by atoms with Crippen LogP contribution >= 0.6 is 11.6 Å². The lowest BCUT2D eigenvalue weighted by atomic mass is 9.87. The van der Waals surface area contributed by atoms with Gasteiger partial charge in [-0.1, -0.05) is 103 Å². The molecule has 0 heterocycles. The van der Waals surface area contributed by atoms with Crippen molar-refractivity contribution in [2.45, 2.75) is 153 Å². The number of hydrogen-bond donors (Lipinski definition) is 1. The summed E-state index contributed by atoms with van der Waals surface area (Å²) in [5.41, 5.74) is 2.51. The van der Waals surface area contributed by atoms with Crippen LogP contribution in [-0.2, 0) is 31.1 Å². The molecule has 4 atom stereocenters. The minimum absolute atomic E-state index is 0.0203. The number of unbranched alkanes of at least 4 members (excludes halogenated alkanes) is 4. The lowest BCUT2D eigenvalue weighted by molar-refractivity contribution is -0.140. The first-order chi connectivity index (χ1) is 20.9. The molecular weight excluding hydrogens is 588 g/mol. The molecule has 0 bridgehead atoms. The Kier molecular flexibility index (Phi) is 16.9. The van der Waals surface area contributed by atoms with Gasteiger partial charge in [-0.15, -0.1) is 11.6 Å². The molecule has 0 radical (unpaired) electrons. The molecule has 0 amide bonds. The molecule has 0 saturated heterocycles. The van der Waals surface area contributed by atoms with Gasteiger partial charge in [-0.2, -0.15) is 0 Å². The van der Waals surface area contributed by atoms with Crippen LogP contribution in [0, 0.1) is 11.8 Å². The van der Waals surface area contributed by atoms with Gasteiger partial charge in [0.15, 0.2) is 8.32 Å². The van der Waals surface area contributed by atoms with Gasteiger partial charge in [0.1, 0.15) is 5.78 Å². The molecule has 1 aliphatic rings. The largest absolute Gasteiger partial charge is 0.469 e. The summed E-state index contributed by atoms with van der Waals surface area (Å²) in [5.74, 6) is 0.627. The molecule has 1 saturated carbocycles. The first-order valence-electron chi connectivity index (χ1n) is 17.2. The number of ketones is 1. The van der Waals surface area contributed by atoms with Crippen molar-refractivity contribution in [2.75, 3.05) is 7.11 Å². The maximum atomic E-state index is 13.6. The molecule has 2 rings (SSSR count). The maximum absolute atomic E-state index is 13.6. The van der Waals surface area contributed by atoms with Crippen LogP contribution < -0.4 is 0 Å². The van der Waals surface area contributed by atoms with Crippen molar-refractivity contribution >= 4 is 31.7 Å². The molecular formula is C37H61ClO5Si. The summed E-state index contributed by atoms with van der Waals surface area (Å²) in [4.78, 5) is 25.1. The van der Waals surface area contributed by atoms with Crippen LogP contribution in [-0.4, -0.2) is 44.0 Å². The lowest BCUT2D eigenvalue weighted by Gasteiger charge is -2.42. The Morgan fingerprint density at radius 3 is 2.30 bits per heavy atom. The van der Waals surface area contributed by atoms with E-state index in [0.717, 1.165) is 69.4 Å². The van der Waals surface area contributed by atoms with E-state index in [9.17, 15) is 14.7 Å². The number of Topliss-reactive ketones (excluding diaryl/α,β-unsaturated/α-hetero) is 1. The second-order valence-corrected chi connectivity index (χ2v) is 19.2. The smallest absolute Gasteiger partial charge is 0.305 e. The van der Waals surface area contributed by atoms with Gasteiger partial charge in [0.05, 0.1) is 18.8 Å². The molecule has 1 aliphatic carbocycles. The third kappa shape index (κ3) is 12.0. The number of ether oxygens (including phenoxy) is 1. The maximum Gasteiger partial charge on any atom is 0.305 e. The van der Waals surface area contributed by atoms with Crippen LogP contribution in [0.3, 0.4) is 0 Å². The molecule has 0 unspecified atom stereocenters. The van der Waals surface area contributed by atoms with Crippen LogP contribution in [0.1, 0.15) is 123 Å². The summed E-state index contributed by atoms with van der Waals surface area (Å²) < 4.78 is 12.1. The summed E-state index contributed by atoms with van der Waals surface area (Å²) in [6.45, 7) is 13.3. The minimum atomic E-state index is -2.28. The Bertz CT molecular complexity index is 1010. The quantitative estimate of drug-likeness (QED) is 0.0472. The van der Waals surface area contributed by atoms with Crippen molar-refractivity contribution in [1.82, 2.24) is 0 Å². The summed E-state index contributed by atoms with van der Waals surface area (Å²) in [6.07, 6.45) is 14.1. The number of aliphatic hydroxyl groups is 1. The molecule has 5 nitrogen and oxygen atoms in total. The number of esters is 1. The molecule has 0 spiro atoms.